The zero-order valence-corrected chi connectivity index (χ0v) is 28.2. The molecule has 232 valence electrons. The van der Waals surface area contributed by atoms with Gasteiger partial charge in [0.1, 0.15) is 0 Å². The normalized spacial score (nSPS) is 15.2. The summed E-state index contributed by atoms with van der Waals surface area (Å²) in [7, 11) is -3.25. The summed E-state index contributed by atoms with van der Waals surface area (Å²) in [4.78, 5) is 12.7. The Labute approximate surface area is 283 Å². The monoisotopic (exact) mass is 636 g/mol. The van der Waals surface area contributed by atoms with E-state index >= 15 is 0 Å². The van der Waals surface area contributed by atoms with Crippen LogP contribution in [-0.4, -0.2) is 4.89 Å². The maximum absolute atomic E-state index is 12.7. The summed E-state index contributed by atoms with van der Waals surface area (Å²) >= 11 is 0. The summed E-state index contributed by atoms with van der Waals surface area (Å²) < 4.78 is 0. The molecule has 0 heterocycles. The molecule has 0 radical (unpaired) electrons. The Balaban J connectivity index is 1.26. The van der Waals surface area contributed by atoms with Crippen LogP contribution in [0.4, 0.5) is 0 Å². The van der Waals surface area contributed by atoms with Crippen molar-refractivity contribution in [3.63, 3.8) is 0 Å². The van der Waals surface area contributed by atoms with Crippen LogP contribution < -0.4 is 15.9 Å². The van der Waals surface area contributed by atoms with Crippen molar-refractivity contribution in [3.05, 3.63) is 209 Å². The number of hydrogen-bond donors (Lipinski definition) is 1. The second-order valence-corrected chi connectivity index (χ2v) is 16.9. The summed E-state index contributed by atoms with van der Waals surface area (Å²) in [5.41, 5.74) is 12.5. The van der Waals surface area contributed by atoms with Crippen LogP contribution in [0.25, 0.3) is 22.3 Å². The average molecular weight is 637 g/mol. The Morgan fingerprint density at radius 3 is 1.44 bits per heavy atom. The van der Waals surface area contributed by atoms with Gasteiger partial charge in [-0.2, -0.15) is 0 Å². The van der Waals surface area contributed by atoms with E-state index in [1.165, 1.54) is 44.5 Å². The predicted octanol–water partition coefficient (Wildman–Crippen LogP) is 9.29. The van der Waals surface area contributed by atoms with Crippen LogP contribution in [0.15, 0.2) is 176 Å². The molecule has 0 unspecified atom stereocenters. The molecular weight excluding hydrogens is 599 g/mol. The second kappa shape index (κ2) is 10.7. The topological polar surface area (TPSA) is 20.2 Å². The Bertz CT molecular complexity index is 2250. The fourth-order valence-electron chi connectivity index (χ4n) is 8.83. The van der Waals surface area contributed by atoms with Crippen LogP contribution in [0.5, 0.6) is 0 Å². The van der Waals surface area contributed by atoms with E-state index in [0.717, 1.165) is 27.0 Å². The van der Waals surface area contributed by atoms with E-state index in [2.05, 4.69) is 153 Å². The molecule has 2 aliphatic carbocycles. The summed E-state index contributed by atoms with van der Waals surface area (Å²) in [6.07, 6.45) is 0. The van der Waals surface area contributed by atoms with Gasteiger partial charge in [-0.3, -0.25) is 0 Å². The van der Waals surface area contributed by atoms with Crippen molar-refractivity contribution in [1.82, 2.24) is 0 Å². The second-order valence-electron chi connectivity index (χ2n) is 13.8. The molecule has 0 atom stereocenters. The Morgan fingerprint density at radius 1 is 0.375 bits per heavy atom. The van der Waals surface area contributed by atoms with Gasteiger partial charge < -0.3 is 0 Å². The molecule has 2 heteroatoms. The number of hydrogen-bond acceptors (Lipinski definition) is 1. The van der Waals surface area contributed by atoms with Crippen LogP contribution >= 0.6 is 7.49 Å². The predicted molar refractivity (Wildman–Crippen MR) is 204 cm³/mol. The van der Waals surface area contributed by atoms with E-state index in [-0.39, 0.29) is 5.41 Å². The van der Waals surface area contributed by atoms with E-state index in [1.807, 2.05) is 36.4 Å². The van der Waals surface area contributed by atoms with Crippen LogP contribution in [0, 0.1) is 0 Å². The molecule has 9 rings (SSSR count). The third-order valence-electron chi connectivity index (χ3n) is 11.1. The Kier molecular flexibility index (Phi) is 6.50. The van der Waals surface area contributed by atoms with Crippen molar-refractivity contribution in [2.24, 2.45) is 0 Å². The minimum atomic E-state index is -3.25. The van der Waals surface area contributed by atoms with Crippen molar-refractivity contribution in [3.8, 4) is 22.3 Å². The Morgan fingerprint density at radius 2 is 0.833 bits per heavy atom. The molecule has 0 saturated heterocycles. The van der Waals surface area contributed by atoms with Gasteiger partial charge in [0.2, 0.25) is 0 Å². The fourth-order valence-corrected chi connectivity index (χ4v) is 11.9. The molecule has 7 aromatic rings. The van der Waals surface area contributed by atoms with Crippen LogP contribution in [0.1, 0.15) is 47.2 Å². The summed E-state index contributed by atoms with van der Waals surface area (Å²) in [6, 6.07) is 63.2. The Hall–Kier alpha value is -5.07. The van der Waals surface area contributed by atoms with Gasteiger partial charge >= 0.3 is 285 Å². The molecule has 0 aromatic heterocycles. The molecule has 48 heavy (non-hydrogen) atoms. The molecule has 0 bridgehead atoms. The van der Waals surface area contributed by atoms with E-state index in [9.17, 15) is 4.89 Å². The first-order valence-electron chi connectivity index (χ1n) is 16.8. The number of benzene rings is 7. The van der Waals surface area contributed by atoms with Crippen molar-refractivity contribution in [2.75, 3.05) is 0 Å². The molecule has 0 fully saturated rings. The first-order chi connectivity index (χ1) is 23.4. The van der Waals surface area contributed by atoms with E-state index in [4.69, 9.17) is 0 Å². The molecule has 1 nitrogen and oxygen atoms in total. The van der Waals surface area contributed by atoms with Gasteiger partial charge in [0.15, 0.2) is 0 Å². The van der Waals surface area contributed by atoms with E-state index in [1.54, 1.807) is 0 Å². The molecule has 0 aliphatic heterocycles. The first kappa shape index (κ1) is 29.1. The fraction of sp³-hybridized carbons (Fsp3) is 0.0870. The van der Waals surface area contributed by atoms with Gasteiger partial charge in [-0.25, -0.2) is 0 Å². The van der Waals surface area contributed by atoms with Crippen molar-refractivity contribution in [2.45, 2.75) is 24.7 Å². The standard InChI is InChI=1S/C46H37OP/c1-45(2)41-24-11-13-26-43(41)46(44-27-14-12-25-42(44)45)39-23-10-9-22-37(39)38-31-33(28-29-40(38)46)32-16-15-21-36(30-32)48(47,34-17-5-3-6-18-34)35-19-7-4-8-20-35/h3-31,47-48H,1-2H3. The molecule has 7 aromatic carbocycles. The van der Waals surface area contributed by atoms with E-state index < -0.39 is 12.9 Å². The maximum atomic E-state index is 12.7. The average Bonchev–Trinajstić information content (AvgIpc) is 3.45. The van der Waals surface area contributed by atoms with Gasteiger partial charge in [-0.1, -0.05) is 0 Å². The molecule has 0 amide bonds. The van der Waals surface area contributed by atoms with Crippen molar-refractivity contribution in [1.29, 1.82) is 0 Å². The van der Waals surface area contributed by atoms with E-state index in [0.29, 0.717) is 0 Å². The molecule has 1 N–H and O–H groups in total. The van der Waals surface area contributed by atoms with Crippen LogP contribution in [-0.2, 0) is 10.8 Å². The number of fused-ring (bicyclic) bond motifs is 9. The number of rotatable bonds is 4. The third-order valence-corrected chi connectivity index (χ3v) is 14.5. The van der Waals surface area contributed by atoms with Crippen molar-refractivity contribution >= 4 is 23.4 Å². The molecule has 1 spiro atoms. The summed E-state index contributed by atoms with van der Waals surface area (Å²) in [5.74, 6) is 0. The molecule has 0 saturated carbocycles. The van der Waals surface area contributed by atoms with Gasteiger partial charge in [0.05, 0.1) is 0 Å². The molecular formula is C46H37OP. The van der Waals surface area contributed by atoms with Gasteiger partial charge in [0.25, 0.3) is 0 Å². The third kappa shape index (κ3) is 3.93. The SMILES string of the molecule is CC1(C)c2ccccc2C2(c3ccccc3-c3cc(-c4cccc([PH](O)(c5ccccc5)c5ccccc5)c4)ccc32)c2ccccc21. The zero-order valence-electron chi connectivity index (χ0n) is 27.2. The van der Waals surface area contributed by atoms with Crippen LogP contribution in [0.3, 0.4) is 0 Å². The van der Waals surface area contributed by atoms with Gasteiger partial charge in [0, 0.05) is 0 Å². The van der Waals surface area contributed by atoms with Crippen molar-refractivity contribution < 1.29 is 4.89 Å². The van der Waals surface area contributed by atoms with Crippen LogP contribution in [0.2, 0.25) is 0 Å². The quantitative estimate of drug-likeness (QED) is 0.191. The zero-order chi connectivity index (χ0) is 32.5. The molecule has 2 aliphatic rings. The summed E-state index contributed by atoms with van der Waals surface area (Å²) in [6.45, 7) is 4.73. The van der Waals surface area contributed by atoms with Gasteiger partial charge in [-0.15, -0.1) is 0 Å². The summed E-state index contributed by atoms with van der Waals surface area (Å²) in [5, 5.41) is 2.94. The first-order valence-corrected chi connectivity index (χ1v) is 18.8. The minimum absolute atomic E-state index is 0.116. The van der Waals surface area contributed by atoms with Gasteiger partial charge in [-0.05, 0) is 0 Å².